The van der Waals surface area contributed by atoms with Gasteiger partial charge in [-0.15, -0.1) is 0 Å². The van der Waals surface area contributed by atoms with E-state index in [1.54, 1.807) is 0 Å². The van der Waals surface area contributed by atoms with Crippen LogP contribution in [0.1, 0.15) is 20.3 Å². The highest BCUT2D eigenvalue weighted by Crippen LogP contribution is 2.03. The standard InChI is InChI=1S/C9H18N2S/c1-4-12-7-5-6-11(3)9(2)8-10/h9H,4-7H2,1-3H3. The topological polar surface area (TPSA) is 27.0 Å². The molecule has 0 radical (unpaired) electrons. The third-order valence-electron chi connectivity index (χ3n) is 1.85. The second kappa shape index (κ2) is 7.45. The molecule has 0 spiro atoms. The molecule has 1 atom stereocenters. The van der Waals surface area contributed by atoms with Crippen molar-refractivity contribution in [2.75, 3.05) is 25.1 Å². The Morgan fingerprint density at radius 1 is 1.58 bits per heavy atom. The van der Waals surface area contributed by atoms with E-state index in [4.69, 9.17) is 5.26 Å². The van der Waals surface area contributed by atoms with Crippen LogP contribution in [0, 0.1) is 11.3 Å². The summed E-state index contributed by atoms with van der Waals surface area (Å²) in [6, 6.07) is 2.28. The maximum Gasteiger partial charge on any atom is 0.0946 e. The summed E-state index contributed by atoms with van der Waals surface area (Å²) < 4.78 is 0. The molecule has 3 heteroatoms. The zero-order valence-electron chi connectivity index (χ0n) is 8.21. The number of thioether (sulfide) groups is 1. The van der Waals surface area contributed by atoms with Crippen molar-refractivity contribution in [2.24, 2.45) is 0 Å². The Labute approximate surface area is 79.9 Å². The molecular formula is C9H18N2S. The van der Waals surface area contributed by atoms with Crippen molar-refractivity contribution < 1.29 is 0 Å². The fraction of sp³-hybridized carbons (Fsp3) is 0.889. The van der Waals surface area contributed by atoms with E-state index in [-0.39, 0.29) is 6.04 Å². The number of rotatable bonds is 6. The van der Waals surface area contributed by atoms with Crippen LogP contribution in [-0.4, -0.2) is 36.0 Å². The smallest absolute Gasteiger partial charge is 0.0946 e. The average Bonchev–Trinajstić information content (AvgIpc) is 2.10. The van der Waals surface area contributed by atoms with Gasteiger partial charge in [0, 0.05) is 0 Å². The predicted molar refractivity (Wildman–Crippen MR) is 55.3 cm³/mol. The first-order valence-electron chi connectivity index (χ1n) is 4.40. The third-order valence-corrected chi connectivity index (χ3v) is 2.84. The second-order valence-corrected chi connectivity index (χ2v) is 4.23. The Morgan fingerprint density at radius 3 is 2.75 bits per heavy atom. The van der Waals surface area contributed by atoms with Gasteiger partial charge in [-0.3, -0.25) is 4.90 Å². The van der Waals surface area contributed by atoms with E-state index < -0.39 is 0 Å². The van der Waals surface area contributed by atoms with Gasteiger partial charge in [-0.05, 0) is 38.4 Å². The molecule has 0 saturated carbocycles. The zero-order valence-corrected chi connectivity index (χ0v) is 9.02. The Morgan fingerprint density at radius 2 is 2.25 bits per heavy atom. The van der Waals surface area contributed by atoms with Crippen LogP contribution in [-0.2, 0) is 0 Å². The lowest BCUT2D eigenvalue weighted by Gasteiger charge is -2.18. The molecule has 0 aromatic carbocycles. The van der Waals surface area contributed by atoms with Crippen molar-refractivity contribution in [3.63, 3.8) is 0 Å². The lowest BCUT2D eigenvalue weighted by atomic mass is 10.3. The summed E-state index contributed by atoms with van der Waals surface area (Å²) in [6.45, 7) is 5.14. The molecule has 0 aliphatic carbocycles. The summed E-state index contributed by atoms with van der Waals surface area (Å²) in [5.74, 6) is 2.40. The SMILES string of the molecule is CCSCCCN(C)C(C)C#N. The largest absolute Gasteiger partial charge is 0.291 e. The molecule has 70 valence electrons. The Kier molecular flexibility index (Phi) is 7.33. The molecule has 0 amide bonds. The molecule has 12 heavy (non-hydrogen) atoms. The Hall–Kier alpha value is -0.200. The number of nitrogens with zero attached hydrogens (tertiary/aromatic N) is 2. The molecule has 0 aromatic rings. The van der Waals surface area contributed by atoms with Crippen molar-refractivity contribution in [2.45, 2.75) is 26.3 Å². The van der Waals surface area contributed by atoms with Gasteiger partial charge in [0.05, 0.1) is 12.1 Å². The second-order valence-electron chi connectivity index (χ2n) is 2.84. The number of hydrogen-bond acceptors (Lipinski definition) is 3. The van der Waals surface area contributed by atoms with Crippen LogP contribution >= 0.6 is 11.8 Å². The first-order chi connectivity index (χ1) is 5.72. The highest BCUT2D eigenvalue weighted by atomic mass is 32.2. The minimum atomic E-state index is 0.0524. The van der Waals surface area contributed by atoms with Crippen LogP contribution in [0.5, 0.6) is 0 Å². The molecule has 1 unspecified atom stereocenters. The predicted octanol–water partition coefficient (Wildman–Crippen LogP) is 1.97. The minimum absolute atomic E-state index is 0.0524. The summed E-state index contributed by atoms with van der Waals surface area (Å²) in [5, 5.41) is 8.61. The van der Waals surface area contributed by atoms with Crippen LogP contribution in [0.4, 0.5) is 0 Å². The maximum atomic E-state index is 8.61. The summed E-state index contributed by atoms with van der Waals surface area (Å²) >= 11 is 1.96. The molecule has 0 fully saturated rings. The quantitative estimate of drug-likeness (QED) is 0.593. The summed E-state index contributed by atoms with van der Waals surface area (Å²) in [4.78, 5) is 2.09. The van der Waals surface area contributed by atoms with E-state index in [1.807, 2.05) is 25.7 Å². The molecule has 0 heterocycles. The molecule has 0 aromatic heterocycles. The lowest BCUT2D eigenvalue weighted by molar-refractivity contribution is 0.304. The monoisotopic (exact) mass is 186 g/mol. The van der Waals surface area contributed by atoms with Crippen molar-refractivity contribution in [1.82, 2.24) is 4.90 Å². The van der Waals surface area contributed by atoms with Gasteiger partial charge in [-0.2, -0.15) is 17.0 Å². The maximum absolute atomic E-state index is 8.61. The number of nitriles is 1. The molecule has 0 rings (SSSR count). The van der Waals surface area contributed by atoms with Crippen molar-refractivity contribution in [1.29, 1.82) is 5.26 Å². The molecule has 0 bridgehead atoms. The molecule has 0 aliphatic heterocycles. The average molecular weight is 186 g/mol. The van der Waals surface area contributed by atoms with Gasteiger partial charge in [-0.25, -0.2) is 0 Å². The fourth-order valence-electron chi connectivity index (χ4n) is 0.853. The first kappa shape index (κ1) is 11.8. The highest BCUT2D eigenvalue weighted by molar-refractivity contribution is 7.99. The molecule has 0 saturated heterocycles. The fourth-order valence-corrected chi connectivity index (χ4v) is 1.47. The van der Waals surface area contributed by atoms with Crippen LogP contribution in [0.3, 0.4) is 0 Å². The molecule has 2 nitrogen and oxygen atoms in total. The van der Waals surface area contributed by atoms with Crippen LogP contribution in [0.2, 0.25) is 0 Å². The summed E-state index contributed by atoms with van der Waals surface area (Å²) in [7, 11) is 2.00. The zero-order chi connectivity index (χ0) is 9.40. The van der Waals surface area contributed by atoms with Gasteiger partial charge >= 0.3 is 0 Å². The lowest BCUT2D eigenvalue weighted by Crippen LogP contribution is -2.28. The van der Waals surface area contributed by atoms with Gasteiger partial charge in [0.2, 0.25) is 0 Å². The van der Waals surface area contributed by atoms with Gasteiger partial charge in [0.1, 0.15) is 0 Å². The van der Waals surface area contributed by atoms with Crippen molar-refractivity contribution >= 4 is 11.8 Å². The van der Waals surface area contributed by atoms with Crippen LogP contribution in [0.15, 0.2) is 0 Å². The van der Waals surface area contributed by atoms with Gasteiger partial charge in [0.25, 0.3) is 0 Å². The Bertz CT molecular complexity index is 142. The summed E-state index contributed by atoms with van der Waals surface area (Å²) in [6.07, 6.45) is 1.18. The van der Waals surface area contributed by atoms with Crippen LogP contribution in [0.25, 0.3) is 0 Å². The van der Waals surface area contributed by atoms with E-state index >= 15 is 0 Å². The van der Waals surface area contributed by atoms with E-state index in [2.05, 4.69) is 17.9 Å². The molecule has 0 aliphatic rings. The highest BCUT2D eigenvalue weighted by Gasteiger charge is 2.05. The van der Waals surface area contributed by atoms with Gasteiger partial charge < -0.3 is 0 Å². The van der Waals surface area contributed by atoms with E-state index in [9.17, 15) is 0 Å². The first-order valence-corrected chi connectivity index (χ1v) is 5.55. The molecular weight excluding hydrogens is 168 g/mol. The normalized spacial score (nSPS) is 12.9. The molecule has 0 N–H and O–H groups in total. The number of hydrogen-bond donors (Lipinski definition) is 0. The van der Waals surface area contributed by atoms with E-state index in [0.717, 1.165) is 6.54 Å². The van der Waals surface area contributed by atoms with E-state index in [1.165, 1.54) is 17.9 Å². The minimum Gasteiger partial charge on any atom is -0.291 e. The van der Waals surface area contributed by atoms with E-state index in [0.29, 0.717) is 0 Å². The Balaban J connectivity index is 3.32. The van der Waals surface area contributed by atoms with Crippen molar-refractivity contribution in [3.05, 3.63) is 0 Å². The van der Waals surface area contributed by atoms with Crippen molar-refractivity contribution in [3.8, 4) is 6.07 Å². The van der Waals surface area contributed by atoms with Gasteiger partial charge in [-0.1, -0.05) is 6.92 Å². The van der Waals surface area contributed by atoms with Crippen LogP contribution < -0.4 is 0 Å². The summed E-state index contributed by atoms with van der Waals surface area (Å²) in [5.41, 5.74) is 0. The third kappa shape index (κ3) is 5.45. The van der Waals surface area contributed by atoms with Gasteiger partial charge in [0.15, 0.2) is 0 Å².